The zero-order chi connectivity index (χ0) is 20.6. The number of carbonyl (C=O) groups is 1. The molecular formula is C22H28N2O4S. The number of thiazole rings is 1. The molecule has 3 heterocycles. The molecule has 1 saturated heterocycles. The Kier molecular flexibility index (Phi) is 5.53. The Morgan fingerprint density at radius 1 is 1.24 bits per heavy atom. The normalized spacial score (nSPS) is 17.9. The van der Waals surface area contributed by atoms with E-state index in [-0.39, 0.29) is 11.5 Å². The number of methoxy groups -OCH3 is 2. The Labute approximate surface area is 175 Å². The fourth-order valence-electron chi connectivity index (χ4n) is 4.42. The summed E-state index contributed by atoms with van der Waals surface area (Å²) >= 11 is 1.52. The van der Waals surface area contributed by atoms with Gasteiger partial charge in [0.2, 0.25) is 0 Å². The lowest BCUT2D eigenvalue weighted by Gasteiger charge is -2.45. The summed E-state index contributed by atoms with van der Waals surface area (Å²) in [6.07, 6.45) is 3.27. The number of likely N-dealkylation sites (tertiary alicyclic amines) is 1. The second-order valence-electron chi connectivity index (χ2n) is 7.62. The topological polar surface area (TPSA) is 60.9 Å². The number of carbonyl (C=O) groups excluding carboxylic acids is 1. The monoisotopic (exact) mass is 416 g/mol. The molecule has 2 aliphatic rings. The van der Waals surface area contributed by atoms with Crippen molar-refractivity contribution in [3.05, 3.63) is 38.8 Å². The highest BCUT2D eigenvalue weighted by Gasteiger charge is 2.42. The van der Waals surface area contributed by atoms with Gasteiger partial charge in [0, 0.05) is 13.1 Å². The second-order valence-corrected chi connectivity index (χ2v) is 8.71. The van der Waals surface area contributed by atoms with E-state index in [9.17, 15) is 4.79 Å². The van der Waals surface area contributed by atoms with Crippen LogP contribution in [-0.4, -0.2) is 49.7 Å². The molecule has 1 spiro atoms. The number of ether oxygens (including phenoxy) is 3. The third kappa shape index (κ3) is 3.51. The number of nitrogens with zero attached hydrogens (tertiary/aromatic N) is 2. The minimum atomic E-state index is -0.360. The van der Waals surface area contributed by atoms with Crippen LogP contribution in [0.3, 0.4) is 0 Å². The number of hydrogen-bond acceptors (Lipinski definition) is 6. The molecule has 0 aliphatic carbocycles. The van der Waals surface area contributed by atoms with Crippen LogP contribution in [0.5, 0.6) is 11.5 Å². The van der Waals surface area contributed by atoms with E-state index < -0.39 is 0 Å². The van der Waals surface area contributed by atoms with Crippen LogP contribution < -0.4 is 9.47 Å². The molecular weight excluding hydrogens is 388 g/mol. The van der Waals surface area contributed by atoms with Crippen molar-refractivity contribution >= 4 is 17.2 Å². The summed E-state index contributed by atoms with van der Waals surface area (Å²) in [6, 6.07) is 4.13. The maximum Gasteiger partial charge on any atom is 0.265 e. The molecule has 4 rings (SSSR count). The number of piperidine rings is 1. The third-order valence-electron chi connectivity index (χ3n) is 6.05. The molecule has 2 aromatic rings. The number of aromatic nitrogens is 1. The van der Waals surface area contributed by atoms with Gasteiger partial charge in [0.1, 0.15) is 4.88 Å². The molecule has 7 heteroatoms. The second kappa shape index (κ2) is 7.95. The summed E-state index contributed by atoms with van der Waals surface area (Å²) in [5.41, 5.74) is 2.91. The van der Waals surface area contributed by atoms with Gasteiger partial charge in [0.25, 0.3) is 5.91 Å². The molecule has 0 unspecified atom stereocenters. The summed E-state index contributed by atoms with van der Waals surface area (Å²) in [4.78, 5) is 20.3. The van der Waals surface area contributed by atoms with Crippen LogP contribution in [0, 0.1) is 6.92 Å². The first kappa shape index (κ1) is 20.2. The van der Waals surface area contributed by atoms with Crippen LogP contribution in [0.25, 0.3) is 0 Å². The van der Waals surface area contributed by atoms with Crippen molar-refractivity contribution in [2.75, 3.05) is 33.9 Å². The zero-order valence-corrected chi connectivity index (χ0v) is 18.4. The fourth-order valence-corrected chi connectivity index (χ4v) is 5.39. The number of rotatable bonds is 4. The molecule has 1 aromatic carbocycles. The van der Waals surface area contributed by atoms with Gasteiger partial charge >= 0.3 is 0 Å². The minimum Gasteiger partial charge on any atom is -0.493 e. The molecule has 0 atom stereocenters. The van der Waals surface area contributed by atoms with Gasteiger partial charge in [0.15, 0.2) is 11.5 Å². The highest BCUT2D eigenvalue weighted by atomic mass is 32.1. The Morgan fingerprint density at radius 3 is 2.55 bits per heavy atom. The molecule has 0 N–H and O–H groups in total. The zero-order valence-electron chi connectivity index (χ0n) is 17.5. The number of fused-ring (bicyclic) bond motifs is 2. The maximum absolute atomic E-state index is 13.1. The SMILES string of the molecule is CCc1nc(C)c(C(=O)N2CCC3(CC2)OCCc2cc(OC)c(OC)cc23)s1. The predicted molar refractivity (Wildman–Crippen MR) is 112 cm³/mol. The van der Waals surface area contributed by atoms with E-state index >= 15 is 0 Å². The van der Waals surface area contributed by atoms with E-state index in [2.05, 4.69) is 24.0 Å². The molecule has 2 aliphatic heterocycles. The number of benzene rings is 1. The van der Waals surface area contributed by atoms with Crippen LogP contribution in [0.4, 0.5) is 0 Å². The average Bonchev–Trinajstić information content (AvgIpc) is 3.14. The fraction of sp³-hybridized carbons (Fsp3) is 0.545. The lowest BCUT2D eigenvalue weighted by atomic mass is 9.79. The van der Waals surface area contributed by atoms with Crippen molar-refractivity contribution in [3.63, 3.8) is 0 Å². The van der Waals surface area contributed by atoms with Crippen molar-refractivity contribution in [2.24, 2.45) is 0 Å². The summed E-state index contributed by atoms with van der Waals surface area (Å²) in [5.74, 6) is 1.57. The maximum atomic E-state index is 13.1. The molecule has 1 aromatic heterocycles. The standard InChI is InChI=1S/C22H28N2O4S/c1-5-19-23-14(2)20(29-19)21(25)24-9-7-22(8-10-24)16-13-18(27-4)17(26-3)12-15(16)6-11-28-22/h12-13H,5-11H2,1-4H3. The Balaban J connectivity index is 1.56. The van der Waals surface area contributed by atoms with Gasteiger partial charge in [-0.25, -0.2) is 4.98 Å². The van der Waals surface area contributed by atoms with E-state index in [1.165, 1.54) is 22.5 Å². The molecule has 0 saturated carbocycles. The molecule has 156 valence electrons. The number of amides is 1. The largest absolute Gasteiger partial charge is 0.493 e. The van der Waals surface area contributed by atoms with Crippen molar-refractivity contribution in [2.45, 2.75) is 45.1 Å². The van der Waals surface area contributed by atoms with E-state index in [1.807, 2.05) is 11.8 Å². The molecule has 0 radical (unpaired) electrons. The average molecular weight is 417 g/mol. The van der Waals surface area contributed by atoms with Gasteiger partial charge in [-0.3, -0.25) is 4.79 Å². The van der Waals surface area contributed by atoms with Crippen LogP contribution >= 0.6 is 11.3 Å². The molecule has 6 nitrogen and oxygen atoms in total. The van der Waals surface area contributed by atoms with Crippen molar-refractivity contribution in [1.29, 1.82) is 0 Å². The first-order valence-corrected chi connectivity index (χ1v) is 11.0. The summed E-state index contributed by atoms with van der Waals surface area (Å²) in [7, 11) is 3.32. The Morgan fingerprint density at radius 2 is 1.93 bits per heavy atom. The minimum absolute atomic E-state index is 0.0953. The van der Waals surface area contributed by atoms with Gasteiger partial charge in [-0.05, 0) is 55.9 Å². The highest BCUT2D eigenvalue weighted by Crippen LogP contribution is 2.45. The quantitative estimate of drug-likeness (QED) is 0.760. The van der Waals surface area contributed by atoms with Crippen LogP contribution in [-0.2, 0) is 23.2 Å². The smallest absolute Gasteiger partial charge is 0.265 e. The van der Waals surface area contributed by atoms with Gasteiger partial charge in [-0.2, -0.15) is 0 Å². The summed E-state index contributed by atoms with van der Waals surface area (Å²) in [6.45, 7) is 6.02. The van der Waals surface area contributed by atoms with E-state index in [4.69, 9.17) is 14.2 Å². The first-order chi connectivity index (χ1) is 14.0. The molecule has 0 bridgehead atoms. The van der Waals surface area contributed by atoms with Gasteiger partial charge in [-0.15, -0.1) is 11.3 Å². The molecule has 1 amide bonds. The Hall–Kier alpha value is -2.12. The van der Waals surface area contributed by atoms with E-state index in [0.717, 1.165) is 52.8 Å². The number of aryl methyl sites for hydroxylation is 2. The van der Waals surface area contributed by atoms with Crippen LogP contribution in [0.1, 0.15) is 51.3 Å². The van der Waals surface area contributed by atoms with Crippen molar-refractivity contribution in [1.82, 2.24) is 9.88 Å². The third-order valence-corrected chi connectivity index (χ3v) is 7.34. The molecule has 1 fully saturated rings. The van der Waals surface area contributed by atoms with Crippen molar-refractivity contribution < 1.29 is 19.0 Å². The summed E-state index contributed by atoms with van der Waals surface area (Å²) < 4.78 is 17.3. The predicted octanol–water partition coefficient (Wildman–Crippen LogP) is 3.74. The summed E-state index contributed by atoms with van der Waals surface area (Å²) in [5, 5.41) is 1.02. The van der Waals surface area contributed by atoms with E-state index in [1.54, 1.807) is 14.2 Å². The number of hydrogen-bond donors (Lipinski definition) is 0. The Bertz CT molecular complexity index is 916. The van der Waals surface area contributed by atoms with Gasteiger partial charge in [0.05, 0.1) is 37.1 Å². The lowest BCUT2D eigenvalue weighted by Crippen LogP contribution is -2.48. The van der Waals surface area contributed by atoms with E-state index in [0.29, 0.717) is 19.7 Å². The first-order valence-electron chi connectivity index (χ1n) is 10.2. The van der Waals surface area contributed by atoms with Crippen molar-refractivity contribution in [3.8, 4) is 11.5 Å². The van der Waals surface area contributed by atoms with Crippen LogP contribution in [0.2, 0.25) is 0 Å². The van der Waals surface area contributed by atoms with Crippen LogP contribution in [0.15, 0.2) is 12.1 Å². The molecule has 29 heavy (non-hydrogen) atoms. The highest BCUT2D eigenvalue weighted by molar-refractivity contribution is 7.13. The van der Waals surface area contributed by atoms with Gasteiger partial charge < -0.3 is 19.1 Å². The lowest BCUT2D eigenvalue weighted by molar-refractivity contribution is -0.0936. The van der Waals surface area contributed by atoms with Gasteiger partial charge in [-0.1, -0.05) is 6.92 Å².